The molecule has 0 aromatic carbocycles. The highest BCUT2D eigenvalue weighted by Crippen LogP contribution is 2.64. The van der Waals surface area contributed by atoms with Gasteiger partial charge in [-0.15, -0.1) is 0 Å². The summed E-state index contributed by atoms with van der Waals surface area (Å²) in [5, 5.41) is 0. The first-order valence-corrected chi connectivity index (χ1v) is 5.08. The van der Waals surface area contributed by atoms with Gasteiger partial charge in [-0.3, -0.25) is 9.59 Å². The molecule has 0 aromatic heterocycles. The van der Waals surface area contributed by atoms with E-state index in [9.17, 15) is 9.59 Å². The highest BCUT2D eigenvalue weighted by atomic mass is 16.5. The Kier molecular flexibility index (Phi) is 1.79. The third kappa shape index (κ3) is 0.830. The lowest BCUT2D eigenvalue weighted by atomic mass is 9.70. The van der Waals surface area contributed by atoms with E-state index in [-0.39, 0.29) is 22.5 Å². The molecule has 2 saturated carbocycles. The van der Waals surface area contributed by atoms with E-state index in [1.807, 2.05) is 6.92 Å². The van der Waals surface area contributed by atoms with Gasteiger partial charge in [0.2, 0.25) is 0 Å². The van der Waals surface area contributed by atoms with Crippen LogP contribution in [0.3, 0.4) is 0 Å². The van der Waals surface area contributed by atoms with Gasteiger partial charge in [-0.2, -0.15) is 0 Å². The zero-order valence-electron chi connectivity index (χ0n) is 8.87. The van der Waals surface area contributed by atoms with Crippen LogP contribution in [0, 0.1) is 16.7 Å². The van der Waals surface area contributed by atoms with Gasteiger partial charge in [0.25, 0.3) is 6.47 Å². The first-order chi connectivity index (χ1) is 6.45. The van der Waals surface area contributed by atoms with Gasteiger partial charge < -0.3 is 4.74 Å². The lowest BCUT2D eigenvalue weighted by Gasteiger charge is -2.31. The fourth-order valence-electron chi connectivity index (χ4n) is 3.22. The van der Waals surface area contributed by atoms with Gasteiger partial charge in [0.15, 0.2) is 11.9 Å². The number of hydrogen-bond donors (Lipinski definition) is 0. The van der Waals surface area contributed by atoms with Crippen LogP contribution in [0.1, 0.15) is 33.6 Å². The Balaban J connectivity index is 2.38. The van der Waals surface area contributed by atoms with Gasteiger partial charge in [-0.05, 0) is 18.3 Å². The Bertz CT molecular complexity index is 295. The standard InChI is InChI=1S/C11H16O3/c1-10(2)7-4-5-11(10,3)9(13)8(7)14-6-12/h6-8H,4-5H2,1-3H3/t7-,8-,11+/m0/s1. The van der Waals surface area contributed by atoms with E-state index in [0.29, 0.717) is 6.47 Å². The zero-order valence-corrected chi connectivity index (χ0v) is 8.87. The molecule has 3 heteroatoms. The molecule has 2 aliphatic rings. The number of carbonyl (C=O) groups excluding carboxylic acids is 2. The number of ether oxygens (including phenoxy) is 1. The first-order valence-electron chi connectivity index (χ1n) is 5.08. The highest BCUT2D eigenvalue weighted by Gasteiger charge is 2.67. The maximum atomic E-state index is 12.0. The maximum absolute atomic E-state index is 12.0. The summed E-state index contributed by atoms with van der Waals surface area (Å²) in [4.78, 5) is 22.3. The third-order valence-corrected chi connectivity index (χ3v) is 4.67. The topological polar surface area (TPSA) is 43.4 Å². The van der Waals surface area contributed by atoms with Crippen LogP contribution >= 0.6 is 0 Å². The molecule has 0 spiro atoms. The average molecular weight is 196 g/mol. The van der Waals surface area contributed by atoms with Crippen LogP contribution in [0.15, 0.2) is 0 Å². The highest BCUT2D eigenvalue weighted by molar-refractivity contribution is 5.94. The third-order valence-electron chi connectivity index (χ3n) is 4.67. The predicted molar refractivity (Wildman–Crippen MR) is 50.6 cm³/mol. The molecule has 0 unspecified atom stereocenters. The zero-order chi connectivity index (χ0) is 10.6. The summed E-state index contributed by atoms with van der Waals surface area (Å²) in [5.41, 5.74) is -0.316. The lowest BCUT2D eigenvalue weighted by molar-refractivity contribution is -0.148. The quantitative estimate of drug-likeness (QED) is 0.629. The monoisotopic (exact) mass is 196 g/mol. The summed E-state index contributed by atoms with van der Waals surface area (Å²) in [5.74, 6) is 0.330. The van der Waals surface area contributed by atoms with Crippen LogP contribution in [0.4, 0.5) is 0 Å². The molecular formula is C11H16O3. The van der Waals surface area contributed by atoms with Crippen LogP contribution in [0.25, 0.3) is 0 Å². The van der Waals surface area contributed by atoms with Gasteiger partial charge in [-0.25, -0.2) is 0 Å². The van der Waals surface area contributed by atoms with Gasteiger partial charge in [-0.1, -0.05) is 20.8 Å². The van der Waals surface area contributed by atoms with E-state index >= 15 is 0 Å². The van der Waals surface area contributed by atoms with Gasteiger partial charge in [0.1, 0.15) is 0 Å². The maximum Gasteiger partial charge on any atom is 0.293 e. The molecule has 2 fully saturated rings. The molecular weight excluding hydrogens is 180 g/mol. The SMILES string of the molecule is CC1(C)[C@H]2CC[C@]1(C)C(=O)[C@H]2OC=O. The van der Waals surface area contributed by atoms with Crippen molar-refractivity contribution in [1.29, 1.82) is 0 Å². The molecule has 2 bridgehead atoms. The van der Waals surface area contributed by atoms with Crippen molar-refractivity contribution in [3.05, 3.63) is 0 Å². The Morgan fingerprint density at radius 1 is 1.43 bits per heavy atom. The second-order valence-corrected chi connectivity index (χ2v) is 5.22. The van der Waals surface area contributed by atoms with Gasteiger partial charge in [0, 0.05) is 11.3 Å². The number of Topliss-reactive ketones (excluding diaryl/α,β-unsaturated/α-hetero) is 1. The Labute approximate surface area is 83.8 Å². The molecule has 0 saturated heterocycles. The van der Waals surface area contributed by atoms with Crippen molar-refractivity contribution in [1.82, 2.24) is 0 Å². The van der Waals surface area contributed by atoms with E-state index in [2.05, 4.69) is 13.8 Å². The van der Waals surface area contributed by atoms with E-state index in [1.54, 1.807) is 0 Å². The molecule has 2 rings (SSSR count). The van der Waals surface area contributed by atoms with Crippen molar-refractivity contribution in [2.24, 2.45) is 16.7 Å². The molecule has 2 aliphatic carbocycles. The predicted octanol–water partition coefficient (Wildman–Crippen LogP) is 1.55. The van der Waals surface area contributed by atoms with Crippen molar-refractivity contribution >= 4 is 12.3 Å². The molecule has 0 amide bonds. The number of hydrogen-bond acceptors (Lipinski definition) is 3. The molecule has 0 heterocycles. The number of rotatable bonds is 2. The summed E-state index contributed by atoms with van der Waals surface area (Å²) in [7, 11) is 0. The van der Waals surface area contributed by atoms with Crippen molar-refractivity contribution < 1.29 is 14.3 Å². The molecule has 0 aliphatic heterocycles. The van der Waals surface area contributed by atoms with Crippen LogP contribution in [0.2, 0.25) is 0 Å². The van der Waals surface area contributed by atoms with E-state index in [1.165, 1.54) is 0 Å². The Hall–Kier alpha value is -0.860. The summed E-state index contributed by atoms with van der Waals surface area (Å²) < 4.78 is 4.92. The lowest BCUT2D eigenvalue weighted by Crippen LogP contribution is -2.36. The van der Waals surface area contributed by atoms with E-state index in [0.717, 1.165) is 12.8 Å². The van der Waals surface area contributed by atoms with Crippen molar-refractivity contribution in [2.75, 3.05) is 0 Å². The van der Waals surface area contributed by atoms with Crippen molar-refractivity contribution in [3.63, 3.8) is 0 Å². The Morgan fingerprint density at radius 3 is 2.50 bits per heavy atom. The molecule has 0 aromatic rings. The van der Waals surface area contributed by atoms with Crippen LogP contribution in [-0.4, -0.2) is 18.4 Å². The Morgan fingerprint density at radius 2 is 2.07 bits per heavy atom. The fourth-order valence-corrected chi connectivity index (χ4v) is 3.22. The molecule has 3 nitrogen and oxygen atoms in total. The summed E-state index contributed by atoms with van der Waals surface area (Å²) in [6.45, 7) is 6.62. The minimum Gasteiger partial charge on any atom is -0.456 e. The second-order valence-electron chi connectivity index (χ2n) is 5.22. The number of fused-ring (bicyclic) bond motifs is 2. The number of carbonyl (C=O) groups is 2. The largest absolute Gasteiger partial charge is 0.456 e. The van der Waals surface area contributed by atoms with Crippen molar-refractivity contribution in [2.45, 2.75) is 39.7 Å². The first kappa shape index (κ1) is 9.69. The second kappa shape index (κ2) is 2.59. The van der Waals surface area contributed by atoms with E-state index in [4.69, 9.17) is 4.74 Å². The molecule has 78 valence electrons. The summed E-state index contributed by atoms with van der Waals surface area (Å²) in [6.07, 6.45) is 1.44. The summed E-state index contributed by atoms with van der Waals surface area (Å²) >= 11 is 0. The smallest absolute Gasteiger partial charge is 0.293 e. The minimum absolute atomic E-state index is 0.0300. The van der Waals surface area contributed by atoms with Crippen LogP contribution in [0.5, 0.6) is 0 Å². The molecule has 0 radical (unpaired) electrons. The molecule has 14 heavy (non-hydrogen) atoms. The molecule has 3 atom stereocenters. The minimum atomic E-state index is -0.485. The van der Waals surface area contributed by atoms with Gasteiger partial charge in [0.05, 0.1) is 0 Å². The molecule has 0 N–H and O–H groups in total. The normalized spacial score (nSPS) is 44.1. The number of ketones is 1. The van der Waals surface area contributed by atoms with E-state index < -0.39 is 6.10 Å². The summed E-state index contributed by atoms with van der Waals surface area (Å²) in [6, 6.07) is 0. The average Bonchev–Trinajstić information content (AvgIpc) is 2.41. The van der Waals surface area contributed by atoms with Crippen LogP contribution < -0.4 is 0 Å². The van der Waals surface area contributed by atoms with Gasteiger partial charge >= 0.3 is 0 Å². The van der Waals surface area contributed by atoms with Crippen molar-refractivity contribution in [3.8, 4) is 0 Å². The van der Waals surface area contributed by atoms with Crippen LogP contribution in [-0.2, 0) is 14.3 Å². The fraction of sp³-hybridized carbons (Fsp3) is 0.818.